The number of likely N-dealkylation sites (N-methyl/N-ethyl adjacent to an activating group) is 1. The summed E-state index contributed by atoms with van der Waals surface area (Å²) >= 11 is 0. The standard InChI is InChI=1S/C15H19N/c1-3-16-9-13-8-12-6-4-5-7-14(12)11(2)15(13)10-16/h4-7,13H,3,8-10H2,1-2H3. The zero-order valence-electron chi connectivity index (χ0n) is 10.2. The third-order valence-electron chi connectivity index (χ3n) is 4.18. The van der Waals surface area contributed by atoms with E-state index < -0.39 is 0 Å². The van der Waals surface area contributed by atoms with E-state index in [0.29, 0.717) is 0 Å². The second-order valence-corrected chi connectivity index (χ2v) is 5.04. The van der Waals surface area contributed by atoms with Gasteiger partial charge >= 0.3 is 0 Å². The number of rotatable bonds is 1. The Bertz CT molecular complexity index is 445. The molecule has 84 valence electrons. The molecule has 1 nitrogen and oxygen atoms in total. The van der Waals surface area contributed by atoms with Gasteiger partial charge in [0.2, 0.25) is 0 Å². The fraction of sp³-hybridized carbons (Fsp3) is 0.467. The average Bonchev–Trinajstić information content (AvgIpc) is 2.73. The normalized spacial score (nSPS) is 24.5. The molecule has 0 saturated carbocycles. The number of allylic oxidation sites excluding steroid dienone is 1. The van der Waals surface area contributed by atoms with Crippen LogP contribution in [0.5, 0.6) is 0 Å². The molecule has 1 aromatic carbocycles. The summed E-state index contributed by atoms with van der Waals surface area (Å²) in [6, 6.07) is 8.91. The van der Waals surface area contributed by atoms with E-state index in [4.69, 9.17) is 0 Å². The highest BCUT2D eigenvalue weighted by Gasteiger charge is 2.31. The van der Waals surface area contributed by atoms with Crippen molar-refractivity contribution in [2.24, 2.45) is 5.92 Å². The van der Waals surface area contributed by atoms with Crippen molar-refractivity contribution in [2.75, 3.05) is 19.6 Å². The van der Waals surface area contributed by atoms with E-state index in [1.165, 1.54) is 31.6 Å². The lowest BCUT2D eigenvalue weighted by atomic mass is 9.81. The van der Waals surface area contributed by atoms with Crippen molar-refractivity contribution in [1.29, 1.82) is 0 Å². The Morgan fingerprint density at radius 1 is 1.31 bits per heavy atom. The van der Waals surface area contributed by atoms with E-state index in [1.807, 2.05) is 0 Å². The molecule has 1 saturated heterocycles. The molecule has 0 spiro atoms. The molecule has 1 fully saturated rings. The minimum Gasteiger partial charge on any atom is -0.299 e. The van der Waals surface area contributed by atoms with Gasteiger partial charge in [-0.3, -0.25) is 4.90 Å². The third-order valence-corrected chi connectivity index (χ3v) is 4.18. The summed E-state index contributed by atoms with van der Waals surface area (Å²) in [6.07, 6.45) is 1.25. The maximum absolute atomic E-state index is 2.56. The van der Waals surface area contributed by atoms with Gasteiger partial charge in [0, 0.05) is 13.1 Å². The molecular weight excluding hydrogens is 194 g/mol. The largest absolute Gasteiger partial charge is 0.299 e. The Labute approximate surface area is 97.8 Å². The molecule has 1 aromatic rings. The molecule has 1 heteroatoms. The lowest BCUT2D eigenvalue weighted by Gasteiger charge is -2.23. The van der Waals surface area contributed by atoms with Gasteiger partial charge in [0.1, 0.15) is 0 Å². The van der Waals surface area contributed by atoms with Gasteiger partial charge in [-0.1, -0.05) is 31.2 Å². The van der Waals surface area contributed by atoms with Gasteiger partial charge < -0.3 is 0 Å². The van der Waals surface area contributed by atoms with Crippen LogP contribution in [0.3, 0.4) is 0 Å². The number of fused-ring (bicyclic) bond motifs is 2. The lowest BCUT2D eigenvalue weighted by molar-refractivity contribution is 0.342. The van der Waals surface area contributed by atoms with Gasteiger partial charge in [-0.25, -0.2) is 0 Å². The molecule has 1 atom stereocenters. The van der Waals surface area contributed by atoms with Crippen LogP contribution >= 0.6 is 0 Å². The number of likely N-dealkylation sites (tertiary alicyclic amines) is 1. The molecule has 3 rings (SSSR count). The van der Waals surface area contributed by atoms with Gasteiger partial charge in [0.25, 0.3) is 0 Å². The molecule has 2 aliphatic rings. The summed E-state index contributed by atoms with van der Waals surface area (Å²) < 4.78 is 0. The maximum Gasteiger partial charge on any atom is 0.0202 e. The average molecular weight is 213 g/mol. The van der Waals surface area contributed by atoms with Crippen molar-refractivity contribution in [1.82, 2.24) is 4.90 Å². The Balaban J connectivity index is 2.04. The van der Waals surface area contributed by atoms with Crippen LogP contribution in [0.1, 0.15) is 25.0 Å². The lowest BCUT2D eigenvalue weighted by Crippen LogP contribution is -2.20. The van der Waals surface area contributed by atoms with Crippen LogP contribution < -0.4 is 0 Å². The molecule has 0 N–H and O–H groups in total. The first-order valence-electron chi connectivity index (χ1n) is 6.30. The fourth-order valence-corrected chi connectivity index (χ4v) is 3.21. The molecule has 1 unspecified atom stereocenters. The second kappa shape index (κ2) is 3.74. The summed E-state index contributed by atoms with van der Waals surface area (Å²) in [5, 5.41) is 0. The minimum atomic E-state index is 0.787. The molecule has 0 bridgehead atoms. The Morgan fingerprint density at radius 2 is 2.12 bits per heavy atom. The third kappa shape index (κ3) is 1.42. The van der Waals surface area contributed by atoms with Crippen molar-refractivity contribution in [3.8, 4) is 0 Å². The molecule has 1 aliphatic carbocycles. The topological polar surface area (TPSA) is 3.24 Å². The maximum atomic E-state index is 2.56. The minimum absolute atomic E-state index is 0.787. The van der Waals surface area contributed by atoms with Gasteiger partial charge in [-0.05, 0) is 48.1 Å². The smallest absolute Gasteiger partial charge is 0.0202 e. The van der Waals surface area contributed by atoms with E-state index in [0.717, 1.165) is 5.92 Å². The number of hydrogen-bond donors (Lipinski definition) is 0. The van der Waals surface area contributed by atoms with Gasteiger partial charge in [-0.2, -0.15) is 0 Å². The van der Waals surface area contributed by atoms with Crippen LogP contribution in [0.2, 0.25) is 0 Å². The van der Waals surface area contributed by atoms with Crippen LogP contribution in [-0.4, -0.2) is 24.5 Å². The second-order valence-electron chi connectivity index (χ2n) is 5.04. The molecule has 0 radical (unpaired) electrons. The summed E-state index contributed by atoms with van der Waals surface area (Å²) in [6.45, 7) is 8.21. The van der Waals surface area contributed by atoms with Crippen LogP contribution in [-0.2, 0) is 6.42 Å². The summed E-state index contributed by atoms with van der Waals surface area (Å²) in [5.41, 5.74) is 6.28. The van der Waals surface area contributed by atoms with Gasteiger partial charge in [0.15, 0.2) is 0 Å². The van der Waals surface area contributed by atoms with Crippen LogP contribution in [0.4, 0.5) is 0 Å². The van der Waals surface area contributed by atoms with Crippen LogP contribution in [0.25, 0.3) is 5.57 Å². The van der Waals surface area contributed by atoms with Crippen molar-refractivity contribution in [3.63, 3.8) is 0 Å². The fourth-order valence-electron chi connectivity index (χ4n) is 3.21. The van der Waals surface area contributed by atoms with Crippen molar-refractivity contribution in [2.45, 2.75) is 20.3 Å². The zero-order valence-corrected chi connectivity index (χ0v) is 10.2. The molecular formula is C15H19N. The predicted octanol–water partition coefficient (Wildman–Crippen LogP) is 2.97. The monoisotopic (exact) mass is 213 g/mol. The predicted molar refractivity (Wildman–Crippen MR) is 68.3 cm³/mol. The first-order valence-corrected chi connectivity index (χ1v) is 6.30. The number of nitrogens with zero attached hydrogens (tertiary/aromatic N) is 1. The van der Waals surface area contributed by atoms with E-state index in [-0.39, 0.29) is 0 Å². The number of benzene rings is 1. The van der Waals surface area contributed by atoms with Crippen molar-refractivity contribution >= 4 is 5.57 Å². The molecule has 0 aromatic heterocycles. The summed E-state index contributed by atoms with van der Waals surface area (Å²) in [5.74, 6) is 0.787. The SMILES string of the molecule is CCN1CC2=C(C)c3ccccc3CC2C1. The number of hydrogen-bond acceptors (Lipinski definition) is 1. The Hall–Kier alpha value is -1.08. The van der Waals surface area contributed by atoms with Crippen LogP contribution in [0.15, 0.2) is 29.8 Å². The summed E-state index contributed by atoms with van der Waals surface area (Å²) in [7, 11) is 0. The van der Waals surface area contributed by atoms with E-state index >= 15 is 0 Å². The van der Waals surface area contributed by atoms with Crippen molar-refractivity contribution in [3.05, 3.63) is 41.0 Å². The Morgan fingerprint density at radius 3 is 2.94 bits per heavy atom. The quantitative estimate of drug-likeness (QED) is 0.693. The van der Waals surface area contributed by atoms with E-state index in [1.54, 1.807) is 16.7 Å². The molecule has 1 aliphatic heterocycles. The molecule has 16 heavy (non-hydrogen) atoms. The Kier molecular flexibility index (Phi) is 2.36. The first-order chi connectivity index (χ1) is 7.79. The van der Waals surface area contributed by atoms with E-state index in [2.05, 4.69) is 43.0 Å². The van der Waals surface area contributed by atoms with Gasteiger partial charge in [0.05, 0.1) is 0 Å². The molecule has 1 heterocycles. The first kappa shape index (κ1) is 10.1. The zero-order chi connectivity index (χ0) is 11.1. The van der Waals surface area contributed by atoms with E-state index in [9.17, 15) is 0 Å². The van der Waals surface area contributed by atoms with Gasteiger partial charge in [-0.15, -0.1) is 0 Å². The van der Waals surface area contributed by atoms with Crippen molar-refractivity contribution < 1.29 is 0 Å². The highest BCUT2D eigenvalue weighted by molar-refractivity contribution is 5.73. The summed E-state index contributed by atoms with van der Waals surface area (Å²) in [4.78, 5) is 2.56. The highest BCUT2D eigenvalue weighted by Crippen LogP contribution is 2.38. The van der Waals surface area contributed by atoms with Crippen LogP contribution in [0, 0.1) is 5.92 Å². The molecule has 0 amide bonds. The highest BCUT2D eigenvalue weighted by atomic mass is 15.1.